The van der Waals surface area contributed by atoms with Crippen LogP contribution in [0.5, 0.6) is 0 Å². The smallest absolute Gasteiger partial charge is 0.262 e. The van der Waals surface area contributed by atoms with E-state index in [-0.39, 0.29) is 16.7 Å². The molecule has 0 fully saturated rings. The predicted octanol–water partition coefficient (Wildman–Crippen LogP) is 5.17. The fourth-order valence-corrected chi connectivity index (χ4v) is 3.95. The summed E-state index contributed by atoms with van der Waals surface area (Å²) < 4.78 is 8.03. The highest BCUT2D eigenvalue weighted by Crippen LogP contribution is 2.34. The summed E-state index contributed by atoms with van der Waals surface area (Å²) in [5.41, 5.74) is 0.657. The standard InChI is InChI=1S/C19H23BrN4O2S/c1-10(2)9-24-18(25)14-8-13(20)6-7-15(14)21-19(24)27-12(5)17-22-16(11(3)4)23-26-17/h6-8,10-12H,9H2,1-5H3. The molecule has 144 valence electrons. The Morgan fingerprint density at radius 1 is 1.19 bits per heavy atom. The van der Waals surface area contributed by atoms with E-state index >= 15 is 0 Å². The Labute approximate surface area is 170 Å². The molecule has 27 heavy (non-hydrogen) atoms. The lowest BCUT2D eigenvalue weighted by molar-refractivity contribution is 0.372. The van der Waals surface area contributed by atoms with Crippen LogP contribution in [0.15, 0.2) is 37.1 Å². The van der Waals surface area contributed by atoms with Gasteiger partial charge in [0.25, 0.3) is 5.56 Å². The molecule has 0 aliphatic rings. The van der Waals surface area contributed by atoms with E-state index in [1.807, 2.05) is 39.0 Å². The van der Waals surface area contributed by atoms with Crippen molar-refractivity contribution >= 4 is 38.6 Å². The van der Waals surface area contributed by atoms with Gasteiger partial charge in [0.2, 0.25) is 5.89 Å². The molecule has 0 N–H and O–H groups in total. The van der Waals surface area contributed by atoms with Crippen LogP contribution >= 0.6 is 27.7 Å². The zero-order chi connectivity index (χ0) is 19.7. The van der Waals surface area contributed by atoms with Crippen LogP contribution in [0.2, 0.25) is 0 Å². The number of halogens is 1. The van der Waals surface area contributed by atoms with Crippen molar-refractivity contribution in [3.8, 4) is 0 Å². The zero-order valence-corrected chi connectivity index (χ0v) is 18.5. The summed E-state index contributed by atoms with van der Waals surface area (Å²) in [5.74, 6) is 1.76. The van der Waals surface area contributed by atoms with Gasteiger partial charge in [0.1, 0.15) is 0 Å². The fraction of sp³-hybridized carbons (Fsp3) is 0.474. The van der Waals surface area contributed by atoms with Crippen LogP contribution in [0.4, 0.5) is 0 Å². The summed E-state index contributed by atoms with van der Waals surface area (Å²) in [6.07, 6.45) is 0. The van der Waals surface area contributed by atoms with E-state index in [1.165, 1.54) is 11.8 Å². The molecule has 0 aliphatic heterocycles. The summed E-state index contributed by atoms with van der Waals surface area (Å²) in [6.45, 7) is 10.8. The van der Waals surface area contributed by atoms with Crippen LogP contribution in [0.3, 0.4) is 0 Å². The van der Waals surface area contributed by atoms with Gasteiger partial charge in [-0.05, 0) is 31.0 Å². The van der Waals surface area contributed by atoms with E-state index in [4.69, 9.17) is 9.51 Å². The average molecular weight is 451 g/mol. The van der Waals surface area contributed by atoms with Gasteiger partial charge in [0.05, 0.1) is 16.2 Å². The first-order valence-electron chi connectivity index (χ1n) is 8.96. The maximum absolute atomic E-state index is 13.1. The van der Waals surface area contributed by atoms with Gasteiger partial charge in [-0.1, -0.05) is 60.5 Å². The highest BCUT2D eigenvalue weighted by Gasteiger charge is 2.21. The second kappa shape index (κ2) is 8.14. The van der Waals surface area contributed by atoms with Gasteiger partial charge in [-0.15, -0.1) is 0 Å². The molecule has 2 aromatic heterocycles. The molecule has 0 aliphatic carbocycles. The number of nitrogens with zero attached hydrogens (tertiary/aromatic N) is 4. The first-order chi connectivity index (χ1) is 12.8. The van der Waals surface area contributed by atoms with Crippen molar-refractivity contribution < 1.29 is 4.52 Å². The van der Waals surface area contributed by atoms with Crippen molar-refractivity contribution in [3.63, 3.8) is 0 Å². The van der Waals surface area contributed by atoms with Crippen molar-refractivity contribution in [2.45, 2.75) is 57.5 Å². The largest absolute Gasteiger partial charge is 0.338 e. The minimum atomic E-state index is -0.108. The molecular weight excluding hydrogens is 428 g/mol. The quantitative estimate of drug-likeness (QED) is 0.380. The molecule has 8 heteroatoms. The molecule has 0 saturated heterocycles. The first kappa shape index (κ1) is 20.1. The molecule has 0 bridgehead atoms. The van der Waals surface area contributed by atoms with Gasteiger partial charge in [-0.3, -0.25) is 9.36 Å². The molecule has 0 radical (unpaired) electrons. The number of thioether (sulfide) groups is 1. The third-order valence-corrected chi connectivity index (χ3v) is 5.60. The van der Waals surface area contributed by atoms with Gasteiger partial charge in [-0.25, -0.2) is 4.98 Å². The van der Waals surface area contributed by atoms with Crippen molar-refractivity contribution in [2.24, 2.45) is 5.92 Å². The molecule has 0 amide bonds. The molecule has 1 atom stereocenters. The van der Waals surface area contributed by atoms with Gasteiger partial charge < -0.3 is 4.52 Å². The normalized spacial score (nSPS) is 13.0. The Hall–Kier alpha value is -1.67. The fourth-order valence-electron chi connectivity index (χ4n) is 2.64. The van der Waals surface area contributed by atoms with E-state index in [0.29, 0.717) is 40.2 Å². The molecule has 3 aromatic rings. The average Bonchev–Trinajstić information content (AvgIpc) is 3.09. The van der Waals surface area contributed by atoms with Crippen molar-refractivity contribution in [2.75, 3.05) is 0 Å². The molecule has 2 heterocycles. The number of hydrogen-bond donors (Lipinski definition) is 0. The summed E-state index contributed by atoms with van der Waals surface area (Å²) >= 11 is 4.90. The van der Waals surface area contributed by atoms with Gasteiger partial charge in [-0.2, -0.15) is 4.98 Å². The van der Waals surface area contributed by atoms with Crippen molar-refractivity contribution in [1.29, 1.82) is 0 Å². The second-order valence-corrected chi connectivity index (χ2v) is 9.49. The molecule has 1 aromatic carbocycles. The van der Waals surface area contributed by atoms with Gasteiger partial charge >= 0.3 is 0 Å². The second-order valence-electron chi connectivity index (χ2n) is 7.27. The summed E-state index contributed by atoms with van der Waals surface area (Å²) in [4.78, 5) is 22.3. The minimum Gasteiger partial charge on any atom is -0.338 e. The number of fused-ring (bicyclic) bond motifs is 1. The Bertz CT molecular complexity index is 1010. The number of benzene rings is 1. The third-order valence-electron chi connectivity index (χ3n) is 4.03. The lowest BCUT2D eigenvalue weighted by Crippen LogP contribution is -2.25. The van der Waals surface area contributed by atoms with E-state index in [2.05, 4.69) is 39.9 Å². The van der Waals surface area contributed by atoms with Crippen molar-refractivity contribution in [3.05, 3.63) is 44.7 Å². The Morgan fingerprint density at radius 3 is 2.56 bits per heavy atom. The van der Waals surface area contributed by atoms with Crippen molar-refractivity contribution in [1.82, 2.24) is 19.7 Å². The molecule has 6 nitrogen and oxygen atoms in total. The van der Waals surface area contributed by atoms with Crippen LogP contribution in [0, 0.1) is 5.92 Å². The summed E-state index contributed by atoms with van der Waals surface area (Å²) in [7, 11) is 0. The summed E-state index contributed by atoms with van der Waals surface area (Å²) in [6, 6.07) is 5.58. The Morgan fingerprint density at radius 2 is 1.93 bits per heavy atom. The van der Waals surface area contributed by atoms with Crippen LogP contribution in [0.25, 0.3) is 10.9 Å². The third kappa shape index (κ3) is 4.43. The minimum absolute atomic E-state index is 0.0295. The Balaban J connectivity index is 2.03. The molecule has 0 saturated carbocycles. The van der Waals surface area contributed by atoms with E-state index < -0.39 is 0 Å². The zero-order valence-electron chi connectivity index (χ0n) is 16.1. The maximum Gasteiger partial charge on any atom is 0.262 e. The van der Waals surface area contributed by atoms with Crippen LogP contribution in [-0.2, 0) is 6.54 Å². The molecule has 0 spiro atoms. The highest BCUT2D eigenvalue weighted by molar-refractivity contribution is 9.10. The predicted molar refractivity (Wildman–Crippen MR) is 111 cm³/mol. The number of aromatic nitrogens is 4. The molecular formula is C19H23BrN4O2S. The monoisotopic (exact) mass is 450 g/mol. The topological polar surface area (TPSA) is 73.8 Å². The van der Waals surface area contributed by atoms with Crippen LogP contribution < -0.4 is 5.56 Å². The van der Waals surface area contributed by atoms with E-state index in [0.717, 1.165) is 4.47 Å². The maximum atomic E-state index is 13.1. The Kier molecular flexibility index (Phi) is 6.05. The number of rotatable bonds is 6. The van der Waals surface area contributed by atoms with Gasteiger partial charge in [0, 0.05) is 16.9 Å². The van der Waals surface area contributed by atoms with E-state index in [1.54, 1.807) is 4.57 Å². The first-order valence-corrected chi connectivity index (χ1v) is 10.6. The number of hydrogen-bond acceptors (Lipinski definition) is 6. The van der Waals surface area contributed by atoms with Crippen LogP contribution in [-0.4, -0.2) is 19.7 Å². The lowest BCUT2D eigenvalue weighted by Gasteiger charge is -2.16. The highest BCUT2D eigenvalue weighted by atomic mass is 79.9. The molecule has 1 unspecified atom stereocenters. The SMILES string of the molecule is CC(C)Cn1c(SC(C)c2nc(C(C)C)no2)nc2ccc(Br)cc2c1=O. The molecule has 3 rings (SSSR count). The van der Waals surface area contributed by atoms with Crippen LogP contribution in [0.1, 0.15) is 57.5 Å². The summed E-state index contributed by atoms with van der Waals surface area (Å²) in [5, 5.41) is 5.20. The van der Waals surface area contributed by atoms with Gasteiger partial charge in [0.15, 0.2) is 11.0 Å². The lowest BCUT2D eigenvalue weighted by atomic mass is 10.2. The van der Waals surface area contributed by atoms with E-state index in [9.17, 15) is 4.79 Å².